The van der Waals surface area contributed by atoms with Gasteiger partial charge >= 0.3 is 0 Å². The van der Waals surface area contributed by atoms with Gasteiger partial charge in [-0.05, 0) is 38.2 Å². The van der Waals surface area contributed by atoms with E-state index >= 15 is 0 Å². The molecule has 2 aromatic carbocycles. The molecule has 0 bridgehead atoms. The molecule has 0 fully saturated rings. The van der Waals surface area contributed by atoms with Crippen molar-refractivity contribution in [3.05, 3.63) is 58.6 Å². The summed E-state index contributed by atoms with van der Waals surface area (Å²) < 4.78 is 32.9. The normalized spacial score (nSPS) is 12.2. The minimum atomic E-state index is -0.580. The van der Waals surface area contributed by atoms with Crippen molar-refractivity contribution < 1.29 is 13.5 Å². The molecular weight excluding hydrogens is 284 g/mol. The van der Waals surface area contributed by atoms with Gasteiger partial charge in [0.05, 0.1) is 5.02 Å². The fourth-order valence-corrected chi connectivity index (χ4v) is 1.96. The predicted octanol–water partition coefficient (Wildman–Crippen LogP) is 4.69. The van der Waals surface area contributed by atoms with Crippen LogP contribution in [0.5, 0.6) is 11.5 Å². The minimum Gasteiger partial charge on any atom is -0.457 e. The van der Waals surface area contributed by atoms with Crippen LogP contribution in [0, 0.1) is 11.6 Å². The van der Waals surface area contributed by atoms with Gasteiger partial charge in [-0.1, -0.05) is 17.7 Å². The third-order valence-corrected chi connectivity index (χ3v) is 3.30. The maximum atomic E-state index is 13.9. The van der Waals surface area contributed by atoms with E-state index in [1.807, 2.05) is 6.92 Å². The molecule has 0 saturated heterocycles. The Morgan fingerprint density at radius 2 is 1.90 bits per heavy atom. The summed E-state index contributed by atoms with van der Waals surface area (Å²) in [5, 5.41) is 2.97. The summed E-state index contributed by atoms with van der Waals surface area (Å²) in [6.07, 6.45) is 0. The van der Waals surface area contributed by atoms with Gasteiger partial charge in [0.2, 0.25) is 0 Å². The van der Waals surface area contributed by atoms with Crippen molar-refractivity contribution >= 4 is 11.6 Å². The highest BCUT2D eigenvalue weighted by atomic mass is 35.5. The fourth-order valence-electron chi connectivity index (χ4n) is 1.84. The summed E-state index contributed by atoms with van der Waals surface area (Å²) in [6, 6.07) is 8.40. The molecule has 2 rings (SSSR count). The van der Waals surface area contributed by atoms with E-state index in [2.05, 4.69) is 5.32 Å². The van der Waals surface area contributed by atoms with Gasteiger partial charge in [0.25, 0.3) is 0 Å². The van der Waals surface area contributed by atoms with E-state index in [0.29, 0.717) is 11.3 Å². The summed E-state index contributed by atoms with van der Waals surface area (Å²) in [7, 11) is 1.73. The zero-order chi connectivity index (χ0) is 14.7. The van der Waals surface area contributed by atoms with Crippen LogP contribution in [0.25, 0.3) is 0 Å². The number of halogens is 3. The van der Waals surface area contributed by atoms with Gasteiger partial charge in [0.1, 0.15) is 23.1 Å². The van der Waals surface area contributed by atoms with Crippen molar-refractivity contribution in [2.24, 2.45) is 0 Å². The minimum absolute atomic E-state index is 0.0143. The molecule has 5 heteroatoms. The van der Waals surface area contributed by atoms with Crippen molar-refractivity contribution in [3.8, 4) is 11.5 Å². The topological polar surface area (TPSA) is 21.3 Å². The third-order valence-electron chi connectivity index (χ3n) is 3.00. The first-order valence-corrected chi connectivity index (χ1v) is 6.49. The molecule has 0 spiro atoms. The number of ether oxygens (including phenoxy) is 1. The summed E-state index contributed by atoms with van der Waals surface area (Å²) in [5.74, 6) is -0.349. The zero-order valence-corrected chi connectivity index (χ0v) is 11.8. The van der Waals surface area contributed by atoms with Gasteiger partial charge in [0.15, 0.2) is 0 Å². The first-order chi connectivity index (χ1) is 9.52. The highest BCUT2D eigenvalue weighted by Gasteiger charge is 2.16. The first kappa shape index (κ1) is 14.8. The Morgan fingerprint density at radius 3 is 2.55 bits per heavy atom. The van der Waals surface area contributed by atoms with Gasteiger partial charge in [-0.15, -0.1) is 0 Å². The number of hydrogen-bond donors (Lipinski definition) is 1. The number of nitrogens with one attached hydrogen (secondary N) is 1. The van der Waals surface area contributed by atoms with Crippen molar-refractivity contribution in [2.75, 3.05) is 7.05 Å². The van der Waals surface area contributed by atoms with Crippen molar-refractivity contribution in [1.82, 2.24) is 5.32 Å². The van der Waals surface area contributed by atoms with E-state index in [9.17, 15) is 8.78 Å². The molecule has 1 N–H and O–H groups in total. The van der Waals surface area contributed by atoms with Gasteiger partial charge in [0, 0.05) is 17.7 Å². The monoisotopic (exact) mass is 297 g/mol. The van der Waals surface area contributed by atoms with E-state index < -0.39 is 5.82 Å². The maximum Gasteiger partial charge on any atom is 0.145 e. The molecule has 0 aliphatic carbocycles. The van der Waals surface area contributed by atoms with E-state index in [0.717, 1.165) is 0 Å². The van der Waals surface area contributed by atoms with E-state index in [4.69, 9.17) is 16.3 Å². The van der Waals surface area contributed by atoms with Gasteiger partial charge < -0.3 is 10.1 Å². The second-order valence-electron chi connectivity index (χ2n) is 4.34. The highest BCUT2D eigenvalue weighted by Crippen LogP contribution is 2.32. The molecule has 0 aromatic heterocycles. The standard InChI is InChI=1S/C15H14ClF2NO/c1-9(19-2)15-12(17)4-3-5-14(15)20-10-6-7-11(16)13(18)8-10/h3-9,19H,1-2H3. The van der Waals surface area contributed by atoms with Crippen LogP contribution in [0.15, 0.2) is 36.4 Å². The second-order valence-corrected chi connectivity index (χ2v) is 4.75. The van der Waals surface area contributed by atoms with Crippen LogP contribution < -0.4 is 10.1 Å². The molecule has 0 amide bonds. The van der Waals surface area contributed by atoms with Crippen LogP contribution in [0.1, 0.15) is 18.5 Å². The van der Waals surface area contributed by atoms with E-state index in [-0.39, 0.29) is 22.6 Å². The van der Waals surface area contributed by atoms with E-state index in [1.165, 1.54) is 24.3 Å². The number of benzene rings is 2. The summed E-state index contributed by atoms with van der Waals surface area (Å²) >= 11 is 5.61. The molecule has 2 nitrogen and oxygen atoms in total. The van der Waals surface area contributed by atoms with Crippen LogP contribution >= 0.6 is 11.6 Å². The molecule has 0 aliphatic rings. The predicted molar refractivity (Wildman–Crippen MR) is 75.4 cm³/mol. The molecule has 20 heavy (non-hydrogen) atoms. The molecular formula is C15H14ClF2NO. The Morgan fingerprint density at radius 1 is 1.15 bits per heavy atom. The van der Waals surface area contributed by atoms with Crippen molar-refractivity contribution in [1.29, 1.82) is 0 Å². The Labute approximate surface area is 121 Å². The molecule has 2 aromatic rings. The zero-order valence-electron chi connectivity index (χ0n) is 11.1. The molecule has 1 unspecified atom stereocenters. The third kappa shape index (κ3) is 3.08. The van der Waals surface area contributed by atoms with Crippen molar-refractivity contribution in [3.63, 3.8) is 0 Å². The van der Waals surface area contributed by atoms with Gasteiger partial charge in [-0.25, -0.2) is 8.78 Å². The van der Waals surface area contributed by atoms with Crippen LogP contribution in [-0.2, 0) is 0 Å². The quantitative estimate of drug-likeness (QED) is 0.884. The summed E-state index contributed by atoms with van der Waals surface area (Å²) in [4.78, 5) is 0. The lowest BCUT2D eigenvalue weighted by Crippen LogP contribution is -2.14. The van der Waals surface area contributed by atoms with Gasteiger partial charge in [-0.2, -0.15) is 0 Å². The Kier molecular flexibility index (Phi) is 4.57. The van der Waals surface area contributed by atoms with E-state index in [1.54, 1.807) is 19.2 Å². The largest absolute Gasteiger partial charge is 0.457 e. The molecule has 0 radical (unpaired) electrons. The lowest BCUT2D eigenvalue weighted by molar-refractivity contribution is 0.449. The first-order valence-electron chi connectivity index (χ1n) is 6.11. The number of rotatable bonds is 4. The number of hydrogen-bond acceptors (Lipinski definition) is 2. The average molecular weight is 298 g/mol. The second kappa shape index (κ2) is 6.20. The molecule has 0 aliphatic heterocycles. The molecule has 1 atom stereocenters. The summed E-state index contributed by atoms with van der Waals surface area (Å²) in [6.45, 7) is 1.81. The fraction of sp³-hybridized carbons (Fsp3) is 0.200. The Hall–Kier alpha value is -1.65. The van der Waals surface area contributed by atoms with Crippen LogP contribution in [0.3, 0.4) is 0 Å². The molecule has 0 heterocycles. The van der Waals surface area contributed by atoms with Crippen LogP contribution in [0.4, 0.5) is 8.78 Å². The lowest BCUT2D eigenvalue weighted by Gasteiger charge is -2.17. The SMILES string of the molecule is CNC(C)c1c(F)cccc1Oc1ccc(Cl)c(F)c1. The Bertz CT molecular complexity index is 619. The maximum absolute atomic E-state index is 13.9. The van der Waals surface area contributed by atoms with Crippen molar-refractivity contribution in [2.45, 2.75) is 13.0 Å². The summed E-state index contributed by atoms with van der Waals surface area (Å²) in [5.41, 5.74) is 0.394. The van der Waals surface area contributed by atoms with Gasteiger partial charge in [-0.3, -0.25) is 0 Å². The Balaban J connectivity index is 2.38. The lowest BCUT2D eigenvalue weighted by atomic mass is 10.1. The highest BCUT2D eigenvalue weighted by molar-refractivity contribution is 6.30. The van der Waals surface area contributed by atoms with Crippen LogP contribution in [0.2, 0.25) is 5.02 Å². The average Bonchev–Trinajstić information content (AvgIpc) is 2.42. The smallest absolute Gasteiger partial charge is 0.145 e. The molecule has 0 saturated carbocycles. The molecule has 106 valence electrons. The van der Waals surface area contributed by atoms with Crippen LogP contribution in [-0.4, -0.2) is 7.05 Å².